The number of amides is 5. The zero-order valence-corrected chi connectivity index (χ0v) is 47.9. The highest BCUT2D eigenvalue weighted by Crippen LogP contribution is 2.29. The van der Waals surface area contributed by atoms with Crippen LogP contribution in [-0.2, 0) is 71.3 Å². The Morgan fingerprint density at radius 1 is 0.576 bits per heavy atom. The number of hydrogen-bond acceptors (Lipinski definition) is 24. The van der Waals surface area contributed by atoms with E-state index >= 15 is 0 Å². The molecule has 35 heteroatoms. The van der Waals surface area contributed by atoms with Crippen molar-refractivity contribution >= 4 is 54.0 Å². The number of nitrogens with one attached hydrogen (secondary N) is 2. The minimum Gasteiger partial charge on any atom is -0.477 e. The molecular formula is C50H83N11O24. The number of ether oxygens (including phenoxy) is 11. The fourth-order valence-electron chi connectivity index (χ4n) is 7.94. The summed E-state index contributed by atoms with van der Waals surface area (Å²) in [4.78, 5) is 101. The van der Waals surface area contributed by atoms with Crippen LogP contribution in [0.15, 0.2) is 33.7 Å². The van der Waals surface area contributed by atoms with Crippen molar-refractivity contribution in [2.45, 2.75) is 88.5 Å². The molecule has 0 bridgehead atoms. The Kier molecular flexibility index (Phi) is 35.2. The van der Waals surface area contributed by atoms with Gasteiger partial charge in [-0.15, -0.1) is 6.42 Å². The third-order valence-electron chi connectivity index (χ3n) is 11.9. The highest BCUT2D eigenvalue weighted by atomic mass is 16.6. The Hall–Kier alpha value is -7.53. The maximum atomic E-state index is 13.6. The monoisotopic (exact) mass is 1220 g/mol. The first-order valence-electron chi connectivity index (χ1n) is 26.8. The summed E-state index contributed by atoms with van der Waals surface area (Å²) in [7, 11) is 0. The zero-order chi connectivity index (χ0) is 63.4. The number of carboxylic acids is 2. The molecule has 0 radical (unpaired) electrons. The predicted molar refractivity (Wildman–Crippen MR) is 293 cm³/mol. The fourth-order valence-corrected chi connectivity index (χ4v) is 7.94. The van der Waals surface area contributed by atoms with Crippen LogP contribution in [0.2, 0.25) is 0 Å². The Labute approximate surface area is 490 Å². The lowest BCUT2D eigenvalue weighted by atomic mass is 9.92. The first-order chi connectivity index (χ1) is 40.5. The standard InChI is InChI=1S/C50H83N11O24/c1-6-13-75-18-19-78-20-21-79-22-23-80-24-25-81-48(72)61(11-16-76-14-9-59(7-2)49(73)84-40(34(66)28-62)42-38(55-30(4)64)32(57-46(51)52)26-36(82-42)44(68)69)12-17-77-15-10-60(8-3)50(74)85-41(35(67)29-63)43-39(56-31(5)65)33(58-47(53)54)27-37(83-43)45(70)71/h1,26-27,32-35,38-43,62-63,66-67H,7-25,28-29H2,2-5H3,(H,55,64)(H,56,65)(H,68,69)(H,70,71)(H4,51,52,57)(H4,53,54,58)/t32-,33-,34+,35+,38+,39+,40+,41+,42+,43+/m0/s1. The number of nitrogens with zero attached hydrogens (tertiary/aromatic N) is 5. The number of hydrogen-bond donors (Lipinski definition) is 12. The first kappa shape index (κ1) is 73.6. The molecule has 5 amide bonds. The molecule has 85 heavy (non-hydrogen) atoms. The van der Waals surface area contributed by atoms with Crippen LogP contribution in [0.5, 0.6) is 0 Å². The summed E-state index contributed by atoms with van der Waals surface area (Å²) in [6.45, 7) is 4.12. The summed E-state index contributed by atoms with van der Waals surface area (Å²) in [5.41, 5.74) is 22.3. The zero-order valence-electron chi connectivity index (χ0n) is 47.9. The quantitative estimate of drug-likeness (QED) is 0.00893. The summed E-state index contributed by atoms with van der Waals surface area (Å²) in [6.07, 6.45) is -6.48. The summed E-state index contributed by atoms with van der Waals surface area (Å²) in [5, 5.41) is 66.3. The molecule has 2 aliphatic rings. The van der Waals surface area contributed by atoms with Crippen LogP contribution in [0, 0.1) is 12.3 Å². The molecule has 0 aromatic rings. The number of aliphatic hydroxyl groups is 4. The molecule has 2 rings (SSSR count). The van der Waals surface area contributed by atoms with Gasteiger partial charge in [0.2, 0.25) is 23.3 Å². The van der Waals surface area contributed by atoms with Crippen LogP contribution in [0.3, 0.4) is 0 Å². The van der Waals surface area contributed by atoms with E-state index in [1.54, 1.807) is 13.8 Å². The first-order valence-corrected chi connectivity index (χ1v) is 26.8. The van der Waals surface area contributed by atoms with Crippen LogP contribution in [0.1, 0.15) is 27.7 Å². The van der Waals surface area contributed by atoms with Crippen molar-refractivity contribution in [2.24, 2.45) is 32.9 Å². The lowest BCUT2D eigenvalue weighted by molar-refractivity contribution is -0.148. The van der Waals surface area contributed by atoms with E-state index in [-0.39, 0.29) is 98.7 Å². The SMILES string of the molecule is C#CCOCCOCCOCCOCCOC(=O)N(CCOCCN(CC)C(=O)O[C@@H]([C@@H]1OC(C(=O)O)=C[C@H](N=C(N)N)[C@H]1NC(C)=O)[C@H](O)CO)CCOCCN(CC)C(=O)O[C@@H]([C@@H]1OC(C(=O)O)=C[C@H](N=C(N)N)[C@H]1NC(C)=O)[C@H](O)CO. The number of aliphatic hydroxyl groups excluding tert-OH is 4. The van der Waals surface area contributed by atoms with Crippen molar-refractivity contribution in [3.63, 3.8) is 0 Å². The topological polar surface area (TPSA) is 505 Å². The van der Waals surface area contributed by atoms with Gasteiger partial charge in [0.05, 0.1) is 110 Å². The van der Waals surface area contributed by atoms with Gasteiger partial charge in [0.1, 0.15) is 25.4 Å². The number of carbonyl (C=O) groups is 7. The maximum absolute atomic E-state index is 13.6. The number of aliphatic imine (C=N–C) groups is 2. The van der Waals surface area contributed by atoms with Crippen LogP contribution < -0.4 is 33.6 Å². The number of guanidine groups is 2. The number of rotatable bonds is 41. The highest BCUT2D eigenvalue weighted by Gasteiger charge is 2.48. The number of carbonyl (C=O) groups excluding carboxylic acids is 5. The molecule has 35 nitrogen and oxygen atoms in total. The average Bonchev–Trinajstić information content (AvgIpc) is 2.27. The second kappa shape index (κ2) is 40.7. The van der Waals surface area contributed by atoms with Gasteiger partial charge in [-0.2, -0.15) is 0 Å². The molecule has 0 aromatic heterocycles. The van der Waals surface area contributed by atoms with Gasteiger partial charge in [-0.3, -0.25) is 9.59 Å². The summed E-state index contributed by atoms with van der Waals surface area (Å²) < 4.78 is 60.9. The van der Waals surface area contributed by atoms with Gasteiger partial charge >= 0.3 is 30.2 Å². The lowest BCUT2D eigenvalue weighted by Gasteiger charge is -2.40. The van der Waals surface area contributed by atoms with Crippen LogP contribution in [-0.4, -0.2) is 298 Å². The second-order valence-electron chi connectivity index (χ2n) is 18.2. The minimum atomic E-state index is -1.88. The summed E-state index contributed by atoms with van der Waals surface area (Å²) in [5.74, 6) is -4.52. The van der Waals surface area contributed by atoms with Crippen molar-refractivity contribution in [3.05, 3.63) is 23.7 Å². The second-order valence-corrected chi connectivity index (χ2v) is 18.2. The van der Waals surface area contributed by atoms with E-state index in [2.05, 4.69) is 26.5 Å². The van der Waals surface area contributed by atoms with E-state index in [9.17, 15) is 64.2 Å². The third kappa shape index (κ3) is 27.4. The molecule has 10 atom stereocenters. The summed E-state index contributed by atoms with van der Waals surface area (Å²) in [6, 6.07) is -5.20. The molecule has 0 saturated heterocycles. The molecule has 0 spiro atoms. The molecular weight excluding hydrogens is 1140 g/mol. The highest BCUT2D eigenvalue weighted by molar-refractivity contribution is 5.86. The van der Waals surface area contributed by atoms with E-state index in [0.717, 1.165) is 35.8 Å². The molecule has 16 N–H and O–H groups in total. The van der Waals surface area contributed by atoms with Gasteiger partial charge in [-0.1, -0.05) is 5.92 Å². The van der Waals surface area contributed by atoms with Crippen molar-refractivity contribution in [2.75, 3.05) is 138 Å². The molecule has 482 valence electrons. The summed E-state index contributed by atoms with van der Waals surface area (Å²) >= 11 is 0. The van der Waals surface area contributed by atoms with Crippen LogP contribution in [0.4, 0.5) is 14.4 Å². The number of nitrogens with two attached hydrogens (primary N) is 4. The van der Waals surface area contributed by atoms with Gasteiger partial charge in [0, 0.05) is 53.1 Å². The smallest absolute Gasteiger partial charge is 0.410 e. The predicted octanol–water partition coefficient (Wildman–Crippen LogP) is -5.45. The number of carboxylic acid groups (broad SMARTS) is 2. The van der Waals surface area contributed by atoms with Crippen molar-refractivity contribution < 1.29 is 116 Å². The Balaban J connectivity index is 2.16. The largest absolute Gasteiger partial charge is 0.477 e. The van der Waals surface area contributed by atoms with Crippen molar-refractivity contribution in [1.29, 1.82) is 0 Å². The molecule has 0 saturated carbocycles. The van der Waals surface area contributed by atoms with Crippen LogP contribution in [0.25, 0.3) is 0 Å². The normalized spacial score (nSPS) is 19.4. The molecule has 0 aromatic carbocycles. The Morgan fingerprint density at radius 3 is 1.24 bits per heavy atom. The maximum Gasteiger partial charge on any atom is 0.410 e. The Bertz CT molecular complexity index is 2140. The van der Waals surface area contributed by atoms with E-state index in [1.165, 1.54) is 4.90 Å². The van der Waals surface area contributed by atoms with E-state index in [4.69, 9.17) is 81.5 Å². The van der Waals surface area contributed by atoms with Gasteiger partial charge in [-0.25, -0.2) is 34.0 Å². The van der Waals surface area contributed by atoms with E-state index < -0.39 is 139 Å². The molecule has 0 unspecified atom stereocenters. The van der Waals surface area contributed by atoms with E-state index in [0.29, 0.717) is 26.4 Å². The van der Waals surface area contributed by atoms with Gasteiger partial charge in [-0.05, 0) is 26.0 Å². The van der Waals surface area contributed by atoms with Gasteiger partial charge < -0.3 is 131 Å². The number of aliphatic carboxylic acids is 2. The minimum absolute atomic E-state index is 0.00131. The molecule has 0 fully saturated rings. The van der Waals surface area contributed by atoms with Crippen molar-refractivity contribution in [3.8, 4) is 12.3 Å². The fraction of sp³-hybridized carbons (Fsp3) is 0.700. The third-order valence-corrected chi connectivity index (χ3v) is 11.9. The number of terminal acetylenes is 1. The Morgan fingerprint density at radius 2 is 0.918 bits per heavy atom. The van der Waals surface area contributed by atoms with Gasteiger partial charge in [0.25, 0.3) is 0 Å². The van der Waals surface area contributed by atoms with Crippen LogP contribution >= 0.6 is 0 Å². The molecule has 2 aliphatic heterocycles. The molecule has 2 heterocycles. The average molecular weight is 1220 g/mol. The lowest BCUT2D eigenvalue weighted by Crippen LogP contribution is -2.61. The number of likely N-dealkylation sites (N-methyl/N-ethyl adjacent to an activating group) is 2. The van der Waals surface area contributed by atoms with Gasteiger partial charge in [0.15, 0.2) is 36.3 Å². The van der Waals surface area contributed by atoms with E-state index in [1.807, 2.05) is 0 Å². The van der Waals surface area contributed by atoms with Crippen molar-refractivity contribution in [1.82, 2.24) is 25.3 Å². The molecule has 0 aliphatic carbocycles.